The van der Waals surface area contributed by atoms with E-state index in [4.69, 9.17) is 28.3 Å². The molecule has 0 heterocycles. The Labute approximate surface area is 128 Å². The van der Waals surface area contributed by atoms with E-state index in [9.17, 15) is 9.59 Å². The molecule has 1 amide bonds. The maximum absolute atomic E-state index is 12.0. The molecule has 0 saturated carbocycles. The highest BCUT2D eigenvalue weighted by atomic mass is 35.5. The van der Waals surface area contributed by atoms with Gasteiger partial charge in [-0.2, -0.15) is 0 Å². The highest BCUT2D eigenvalue weighted by molar-refractivity contribution is 6.39. The third-order valence-electron chi connectivity index (χ3n) is 2.96. The standard InChI is InChI=1S/C14H17Cl2NO3/c1-9(5-6-12(18)19)7-8-17-14(20)13-10(15)3-2-4-11(13)16/h2-4,9H,5-8H2,1H3,(H,17,20)(H,18,19). The maximum atomic E-state index is 12.0. The molecule has 110 valence electrons. The molecule has 0 bridgehead atoms. The molecule has 2 N–H and O–H groups in total. The van der Waals surface area contributed by atoms with E-state index in [1.54, 1.807) is 18.2 Å². The van der Waals surface area contributed by atoms with Crippen LogP contribution in [-0.4, -0.2) is 23.5 Å². The fraction of sp³-hybridized carbons (Fsp3) is 0.429. The van der Waals surface area contributed by atoms with Gasteiger partial charge in [0.25, 0.3) is 5.91 Å². The normalized spacial score (nSPS) is 11.9. The minimum absolute atomic E-state index is 0.144. The Morgan fingerprint density at radius 1 is 1.25 bits per heavy atom. The van der Waals surface area contributed by atoms with Gasteiger partial charge in [0, 0.05) is 13.0 Å². The van der Waals surface area contributed by atoms with Gasteiger partial charge in [-0.25, -0.2) is 0 Å². The molecule has 1 atom stereocenters. The number of carboxylic acids is 1. The van der Waals surface area contributed by atoms with E-state index in [1.165, 1.54) is 0 Å². The minimum Gasteiger partial charge on any atom is -0.481 e. The minimum atomic E-state index is -0.802. The van der Waals surface area contributed by atoms with E-state index in [-0.39, 0.29) is 23.8 Å². The van der Waals surface area contributed by atoms with Gasteiger partial charge in [-0.1, -0.05) is 36.2 Å². The first-order valence-corrected chi connectivity index (χ1v) is 7.11. The molecule has 0 aliphatic carbocycles. The highest BCUT2D eigenvalue weighted by Crippen LogP contribution is 2.23. The molecule has 1 rings (SSSR count). The van der Waals surface area contributed by atoms with Crippen LogP contribution in [-0.2, 0) is 4.79 Å². The van der Waals surface area contributed by atoms with Crippen LogP contribution in [0.25, 0.3) is 0 Å². The summed E-state index contributed by atoms with van der Waals surface area (Å²) in [7, 11) is 0. The molecular formula is C14H17Cl2NO3. The third kappa shape index (κ3) is 5.39. The van der Waals surface area contributed by atoms with Crippen LogP contribution >= 0.6 is 23.2 Å². The second kappa shape index (κ2) is 8.12. The van der Waals surface area contributed by atoms with Crippen molar-refractivity contribution in [1.29, 1.82) is 0 Å². The Bertz CT molecular complexity index is 471. The predicted molar refractivity (Wildman–Crippen MR) is 79.4 cm³/mol. The summed E-state index contributed by atoms with van der Waals surface area (Å²) in [4.78, 5) is 22.4. The summed E-state index contributed by atoms with van der Waals surface area (Å²) in [6.45, 7) is 2.42. The second-order valence-corrected chi connectivity index (χ2v) is 5.49. The van der Waals surface area contributed by atoms with Gasteiger partial charge >= 0.3 is 5.97 Å². The number of carbonyl (C=O) groups excluding carboxylic acids is 1. The first-order chi connectivity index (χ1) is 9.41. The van der Waals surface area contributed by atoms with Crippen molar-refractivity contribution in [3.63, 3.8) is 0 Å². The molecule has 0 radical (unpaired) electrons. The van der Waals surface area contributed by atoms with Crippen molar-refractivity contribution in [1.82, 2.24) is 5.32 Å². The number of aliphatic carboxylic acids is 1. The molecule has 6 heteroatoms. The van der Waals surface area contributed by atoms with Crippen LogP contribution in [0.3, 0.4) is 0 Å². The molecule has 0 spiro atoms. The molecule has 1 aromatic carbocycles. The zero-order valence-corrected chi connectivity index (χ0v) is 12.7. The lowest BCUT2D eigenvalue weighted by Gasteiger charge is -2.12. The van der Waals surface area contributed by atoms with Gasteiger partial charge in [0.15, 0.2) is 0 Å². The number of rotatable bonds is 7. The van der Waals surface area contributed by atoms with Crippen LogP contribution in [0.2, 0.25) is 10.0 Å². The summed E-state index contributed by atoms with van der Waals surface area (Å²) in [5, 5.41) is 12.0. The number of hydrogen-bond donors (Lipinski definition) is 2. The van der Waals surface area contributed by atoms with Crippen LogP contribution in [0.15, 0.2) is 18.2 Å². The largest absolute Gasteiger partial charge is 0.481 e. The average Bonchev–Trinajstić information content (AvgIpc) is 2.36. The number of carbonyl (C=O) groups is 2. The van der Waals surface area contributed by atoms with Gasteiger partial charge in [-0.3, -0.25) is 9.59 Å². The quantitative estimate of drug-likeness (QED) is 0.807. The summed E-state index contributed by atoms with van der Waals surface area (Å²) >= 11 is 11.9. The Morgan fingerprint density at radius 2 is 1.85 bits per heavy atom. The zero-order valence-electron chi connectivity index (χ0n) is 11.2. The van der Waals surface area contributed by atoms with Gasteiger partial charge in [0.05, 0.1) is 15.6 Å². The lowest BCUT2D eigenvalue weighted by Crippen LogP contribution is -2.26. The topological polar surface area (TPSA) is 66.4 Å². The molecule has 1 aromatic rings. The van der Waals surface area contributed by atoms with E-state index in [2.05, 4.69) is 5.32 Å². The molecule has 20 heavy (non-hydrogen) atoms. The fourth-order valence-electron chi connectivity index (χ4n) is 1.75. The predicted octanol–water partition coefficient (Wildman–Crippen LogP) is 3.61. The molecule has 0 aromatic heterocycles. The molecular weight excluding hydrogens is 301 g/mol. The first-order valence-electron chi connectivity index (χ1n) is 6.35. The van der Waals surface area contributed by atoms with Crippen LogP contribution in [0.4, 0.5) is 0 Å². The van der Waals surface area contributed by atoms with Gasteiger partial charge in [0.1, 0.15) is 0 Å². The van der Waals surface area contributed by atoms with Crippen molar-refractivity contribution >= 4 is 35.1 Å². The summed E-state index contributed by atoms with van der Waals surface area (Å²) in [5.41, 5.74) is 0.272. The number of nitrogens with one attached hydrogen (secondary N) is 1. The highest BCUT2D eigenvalue weighted by Gasteiger charge is 2.14. The van der Waals surface area contributed by atoms with Crippen LogP contribution in [0.5, 0.6) is 0 Å². The van der Waals surface area contributed by atoms with Gasteiger partial charge in [-0.05, 0) is 30.9 Å². The number of amides is 1. The Morgan fingerprint density at radius 3 is 2.40 bits per heavy atom. The van der Waals surface area contributed by atoms with E-state index in [1.807, 2.05) is 6.92 Å². The van der Waals surface area contributed by atoms with Gasteiger partial charge in [0.2, 0.25) is 0 Å². The van der Waals surface area contributed by atoms with Crippen LogP contribution in [0.1, 0.15) is 36.5 Å². The molecule has 0 fully saturated rings. The van der Waals surface area contributed by atoms with Crippen molar-refractivity contribution in [3.05, 3.63) is 33.8 Å². The van der Waals surface area contributed by atoms with Crippen LogP contribution < -0.4 is 5.32 Å². The smallest absolute Gasteiger partial charge is 0.303 e. The van der Waals surface area contributed by atoms with Crippen molar-refractivity contribution in [2.45, 2.75) is 26.2 Å². The second-order valence-electron chi connectivity index (χ2n) is 4.68. The van der Waals surface area contributed by atoms with E-state index in [0.717, 1.165) is 0 Å². The molecule has 1 unspecified atom stereocenters. The maximum Gasteiger partial charge on any atom is 0.303 e. The zero-order chi connectivity index (χ0) is 15.1. The summed E-state index contributed by atoms with van der Waals surface area (Å²) in [5.74, 6) is -0.886. The number of benzene rings is 1. The average molecular weight is 318 g/mol. The number of carboxylic acid groups (broad SMARTS) is 1. The Hall–Kier alpha value is -1.26. The summed E-state index contributed by atoms with van der Waals surface area (Å²) < 4.78 is 0. The van der Waals surface area contributed by atoms with Crippen molar-refractivity contribution in [2.24, 2.45) is 5.92 Å². The molecule has 0 saturated heterocycles. The van der Waals surface area contributed by atoms with Gasteiger partial charge in [-0.15, -0.1) is 0 Å². The lowest BCUT2D eigenvalue weighted by atomic mass is 10.0. The summed E-state index contributed by atoms with van der Waals surface area (Å²) in [6.07, 6.45) is 1.45. The SMILES string of the molecule is CC(CCNC(=O)c1c(Cl)cccc1Cl)CCC(=O)O. The third-order valence-corrected chi connectivity index (χ3v) is 3.59. The monoisotopic (exact) mass is 317 g/mol. The summed E-state index contributed by atoms with van der Waals surface area (Å²) in [6, 6.07) is 4.89. The molecule has 0 aliphatic heterocycles. The van der Waals surface area contributed by atoms with Crippen molar-refractivity contribution in [3.8, 4) is 0 Å². The molecule has 4 nitrogen and oxygen atoms in total. The fourth-order valence-corrected chi connectivity index (χ4v) is 2.32. The Kier molecular flexibility index (Phi) is 6.82. The van der Waals surface area contributed by atoms with E-state index < -0.39 is 5.97 Å². The number of halogens is 2. The van der Waals surface area contributed by atoms with E-state index >= 15 is 0 Å². The Balaban J connectivity index is 2.42. The van der Waals surface area contributed by atoms with Crippen molar-refractivity contribution in [2.75, 3.05) is 6.54 Å². The first kappa shape index (κ1) is 16.8. The van der Waals surface area contributed by atoms with E-state index in [0.29, 0.717) is 29.4 Å². The van der Waals surface area contributed by atoms with Crippen molar-refractivity contribution < 1.29 is 14.7 Å². The lowest BCUT2D eigenvalue weighted by molar-refractivity contribution is -0.137. The van der Waals surface area contributed by atoms with Crippen LogP contribution in [0, 0.1) is 5.92 Å². The number of hydrogen-bond acceptors (Lipinski definition) is 2. The van der Waals surface area contributed by atoms with Gasteiger partial charge < -0.3 is 10.4 Å². The molecule has 0 aliphatic rings.